The molecule has 114 valence electrons. The fourth-order valence-electron chi connectivity index (χ4n) is 1.88. The van der Waals surface area contributed by atoms with Crippen molar-refractivity contribution >= 4 is 34.1 Å². The second-order valence-electron chi connectivity index (χ2n) is 4.35. The average Bonchev–Trinajstić information content (AvgIpc) is 3.12. The minimum Gasteiger partial charge on any atom is -0.377 e. The Balaban J connectivity index is 2.03. The Hall–Kier alpha value is -1.38. The number of nitrogens with zero attached hydrogens (tertiary/aromatic N) is 3. The second-order valence-corrected chi connectivity index (χ2v) is 6.40. The van der Waals surface area contributed by atoms with Gasteiger partial charge >= 0.3 is 0 Å². The number of rotatable bonds is 8. The number of ether oxygens (including phenoxy) is 1. The second kappa shape index (κ2) is 8.16. The summed E-state index contributed by atoms with van der Waals surface area (Å²) in [5.41, 5.74) is 0. The highest BCUT2D eigenvalue weighted by Gasteiger charge is 2.20. The number of anilines is 1. The number of hydrogen-bond donors (Lipinski definition) is 1. The largest absolute Gasteiger partial charge is 0.377 e. The molecule has 2 heterocycles. The fourth-order valence-corrected chi connectivity index (χ4v) is 3.05. The van der Waals surface area contributed by atoms with Gasteiger partial charge in [-0.2, -0.15) is 11.8 Å². The summed E-state index contributed by atoms with van der Waals surface area (Å²) in [5, 5.41) is 12.0. The molecular formula is C13H18N4O2S2. The van der Waals surface area contributed by atoms with Crippen LogP contribution < -0.4 is 5.32 Å². The minimum atomic E-state index is -0.234. The third kappa shape index (κ3) is 4.55. The van der Waals surface area contributed by atoms with Crippen LogP contribution in [0.2, 0.25) is 0 Å². The molecule has 8 heteroatoms. The first kappa shape index (κ1) is 16.0. The molecule has 6 nitrogen and oxygen atoms in total. The van der Waals surface area contributed by atoms with Gasteiger partial charge in [-0.25, -0.2) is 0 Å². The van der Waals surface area contributed by atoms with E-state index in [0.717, 1.165) is 17.2 Å². The average molecular weight is 326 g/mol. The quantitative estimate of drug-likeness (QED) is 0.807. The summed E-state index contributed by atoms with van der Waals surface area (Å²) in [7, 11) is 1.60. The smallest absolute Gasteiger partial charge is 0.249 e. The normalized spacial score (nSPS) is 12.3. The van der Waals surface area contributed by atoms with Gasteiger partial charge in [0.2, 0.25) is 11.0 Å². The molecule has 0 unspecified atom stereocenters. The molecule has 2 rings (SSSR count). The number of hydrogen-bond acceptors (Lipinski definition) is 6. The first-order valence-electron chi connectivity index (χ1n) is 6.48. The van der Waals surface area contributed by atoms with E-state index in [1.807, 2.05) is 35.3 Å². The molecule has 2 aromatic rings. The first-order valence-corrected chi connectivity index (χ1v) is 8.69. The number of aromatic nitrogens is 3. The molecule has 0 bridgehead atoms. The highest BCUT2D eigenvalue weighted by Crippen LogP contribution is 2.20. The molecule has 0 radical (unpaired) electrons. The molecule has 0 aliphatic rings. The van der Waals surface area contributed by atoms with Crippen LogP contribution in [-0.4, -0.2) is 39.8 Å². The van der Waals surface area contributed by atoms with E-state index in [2.05, 4.69) is 15.5 Å². The maximum absolute atomic E-state index is 12.5. The zero-order valence-electron chi connectivity index (χ0n) is 12.0. The van der Waals surface area contributed by atoms with Crippen molar-refractivity contribution in [3.63, 3.8) is 0 Å². The van der Waals surface area contributed by atoms with Gasteiger partial charge in [0.05, 0.1) is 0 Å². The Morgan fingerprint density at radius 1 is 1.48 bits per heavy atom. The summed E-state index contributed by atoms with van der Waals surface area (Å²) in [6.07, 6.45) is 6.61. The Morgan fingerprint density at radius 3 is 2.90 bits per heavy atom. The molecule has 21 heavy (non-hydrogen) atoms. The van der Waals surface area contributed by atoms with Crippen molar-refractivity contribution in [1.82, 2.24) is 14.8 Å². The van der Waals surface area contributed by atoms with Gasteiger partial charge in [-0.1, -0.05) is 11.3 Å². The monoisotopic (exact) mass is 326 g/mol. The number of carbonyl (C=O) groups excluding carboxylic acids is 1. The molecule has 0 aromatic carbocycles. The van der Waals surface area contributed by atoms with Crippen LogP contribution >= 0.6 is 23.1 Å². The topological polar surface area (TPSA) is 69.0 Å². The van der Waals surface area contributed by atoms with Gasteiger partial charge in [-0.05, 0) is 30.6 Å². The van der Waals surface area contributed by atoms with Crippen molar-refractivity contribution in [3.05, 3.63) is 29.5 Å². The van der Waals surface area contributed by atoms with Crippen LogP contribution in [-0.2, 0) is 16.1 Å². The number of methoxy groups -OCH3 is 1. The van der Waals surface area contributed by atoms with Crippen LogP contribution in [0.5, 0.6) is 0 Å². The summed E-state index contributed by atoms with van der Waals surface area (Å²) < 4.78 is 6.91. The number of nitrogens with one attached hydrogen (secondary N) is 1. The van der Waals surface area contributed by atoms with Gasteiger partial charge in [-0.15, -0.1) is 10.2 Å². The van der Waals surface area contributed by atoms with Crippen molar-refractivity contribution < 1.29 is 9.53 Å². The Bertz CT molecular complexity index is 556. The number of amides is 1. The van der Waals surface area contributed by atoms with Crippen LogP contribution in [0, 0.1) is 0 Å². The molecule has 0 saturated heterocycles. The van der Waals surface area contributed by atoms with Gasteiger partial charge in [-0.3, -0.25) is 10.1 Å². The molecule has 1 amide bonds. The highest BCUT2D eigenvalue weighted by molar-refractivity contribution is 7.98. The summed E-state index contributed by atoms with van der Waals surface area (Å²) in [6.45, 7) is 0.404. The van der Waals surface area contributed by atoms with E-state index < -0.39 is 0 Å². The van der Waals surface area contributed by atoms with E-state index in [1.165, 1.54) is 11.3 Å². The zero-order valence-corrected chi connectivity index (χ0v) is 13.6. The lowest BCUT2D eigenvalue weighted by Gasteiger charge is -2.17. The van der Waals surface area contributed by atoms with Crippen LogP contribution in [0.4, 0.5) is 5.13 Å². The maximum Gasteiger partial charge on any atom is 0.249 e. The van der Waals surface area contributed by atoms with E-state index in [1.54, 1.807) is 18.9 Å². The summed E-state index contributed by atoms with van der Waals surface area (Å²) >= 11 is 3.06. The van der Waals surface area contributed by atoms with Gasteiger partial charge in [0.25, 0.3) is 0 Å². The first-order chi connectivity index (χ1) is 10.2. The fraction of sp³-hybridized carbons (Fsp3) is 0.462. The summed E-state index contributed by atoms with van der Waals surface area (Å²) in [4.78, 5) is 12.5. The van der Waals surface area contributed by atoms with Crippen molar-refractivity contribution in [1.29, 1.82) is 0 Å². The standard InChI is InChI=1S/C13H18N4O2S2/c1-19-9-11-15-16-13(21-11)14-12(18)10(5-8-20-2)17-6-3-4-7-17/h3-4,6-7,10H,5,8-9H2,1-2H3,(H,14,16,18)/t10-/m0/s1. The molecule has 1 N–H and O–H groups in total. The van der Waals surface area contributed by atoms with Crippen LogP contribution in [0.25, 0.3) is 0 Å². The highest BCUT2D eigenvalue weighted by atomic mass is 32.2. The molecule has 0 spiro atoms. The maximum atomic E-state index is 12.5. The van der Waals surface area contributed by atoms with E-state index in [-0.39, 0.29) is 11.9 Å². The lowest BCUT2D eigenvalue weighted by molar-refractivity contribution is -0.119. The van der Waals surface area contributed by atoms with E-state index in [9.17, 15) is 4.79 Å². The molecule has 0 fully saturated rings. The molecule has 2 aromatic heterocycles. The molecule has 1 atom stereocenters. The van der Waals surface area contributed by atoms with E-state index >= 15 is 0 Å². The Labute approximate surface area is 131 Å². The Kier molecular flexibility index (Phi) is 6.21. The van der Waals surface area contributed by atoms with E-state index in [4.69, 9.17) is 4.74 Å². The molecule has 0 aliphatic heterocycles. The van der Waals surface area contributed by atoms with E-state index in [0.29, 0.717) is 11.7 Å². The minimum absolute atomic E-state index is 0.0691. The van der Waals surface area contributed by atoms with Crippen LogP contribution in [0.1, 0.15) is 17.5 Å². The SMILES string of the molecule is COCc1nnc(NC(=O)[C@H](CCSC)n2cccc2)s1. The third-order valence-corrected chi connectivity index (χ3v) is 4.31. The lowest BCUT2D eigenvalue weighted by atomic mass is 10.2. The molecule has 0 saturated carbocycles. The van der Waals surface area contributed by atoms with Crippen molar-refractivity contribution in [2.75, 3.05) is 24.4 Å². The van der Waals surface area contributed by atoms with Gasteiger partial charge in [0.15, 0.2) is 0 Å². The lowest BCUT2D eigenvalue weighted by Crippen LogP contribution is -2.25. The van der Waals surface area contributed by atoms with Crippen molar-refractivity contribution in [2.24, 2.45) is 0 Å². The van der Waals surface area contributed by atoms with Crippen molar-refractivity contribution in [3.8, 4) is 0 Å². The predicted molar refractivity (Wildman–Crippen MR) is 85.7 cm³/mol. The predicted octanol–water partition coefficient (Wildman–Crippen LogP) is 2.42. The van der Waals surface area contributed by atoms with Gasteiger partial charge in [0.1, 0.15) is 17.7 Å². The van der Waals surface area contributed by atoms with Crippen LogP contribution in [0.3, 0.4) is 0 Å². The Morgan fingerprint density at radius 2 is 2.24 bits per heavy atom. The number of carbonyl (C=O) groups is 1. The van der Waals surface area contributed by atoms with Gasteiger partial charge in [0, 0.05) is 19.5 Å². The van der Waals surface area contributed by atoms with Crippen LogP contribution in [0.15, 0.2) is 24.5 Å². The summed E-state index contributed by atoms with van der Waals surface area (Å²) in [6, 6.07) is 3.60. The molecule has 0 aliphatic carbocycles. The third-order valence-electron chi connectivity index (χ3n) is 2.85. The number of thioether (sulfide) groups is 1. The molecular weight excluding hydrogens is 308 g/mol. The van der Waals surface area contributed by atoms with Crippen molar-refractivity contribution in [2.45, 2.75) is 19.1 Å². The van der Waals surface area contributed by atoms with Gasteiger partial charge < -0.3 is 9.30 Å². The summed E-state index contributed by atoms with van der Waals surface area (Å²) in [5.74, 6) is 0.849. The zero-order chi connectivity index (χ0) is 15.1.